The zero-order chi connectivity index (χ0) is 14.8. The maximum absolute atomic E-state index is 6.00. The molecule has 3 rings (SSSR count). The summed E-state index contributed by atoms with van der Waals surface area (Å²) < 4.78 is 4.26. The van der Waals surface area contributed by atoms with Gasteiger partial charge in [0.2, 0.25) is 0 Å². The Bertz CT molecular complexity index is 727. The maximum Gasteiger partial charge on any atom is 0.147 e. The monoisotopic (exact) mass is 316 g/mol. The fourth-order valence-electron chi connectivity index (χ4n) is 2.12. The zero-order valence-electron chi connectivity index (χ0n) is 11.9. The van der Waals surface area contributed by atoms with Crippen LogP contribution >= 0.6 is 22.9 Å². The van der Waals surface area contributed by atoms with Crippen molar-refractivity contribution in [2.75, 3.05) is 11.1 Å². The Balaban J connectivity index is 1.83. The quantitative estimate of drug-likeness (QED) is 0.761. The number of hydrogen-bond donors (Lipinski definition) is 2. The first-order valence-electron chi connectivity index (χ1n) is 6.60. The summed E-state index contributed by atoms with van der Waals surface area (Å²) in [6.07, 6.45) is 3.56. The van der Waals surface area contributed by atoms with E-state index < -0.39 is 0 Å². The molecule has 6 heteroatoms. The molecular weight excluding hydrogens is 300 g/mol. The second-order valence-electron chi connectivity index (χ2n) is 4.82. The van der Waals surface area contributed by atoms with Crippen LogP contribution in [0.25, 0.3) is 11.1 Å². The van der Waals surface area contributed by atoms with Gasteiger partial charge in [-0.1, -0.05) is 6.07 Å². The third-order valence-electron chi connectivity index (χ3n) is 3.31. The Labute approximate surface area is 131 Å². The van der Waals surface area contributed by atoms with Crippen LogP contribution in [0.1, 0.15) is 15.3 Å². The highest BCUT2D eigenvalue weighted by Crippen LogP contribution is 2.36. The van der Waals surface area contributed by atoms with Gasteiger partial charge in [0.1, 0.15) is 10.8 Å². The van der Waals surface area contributed by atoms with Gasteiger partial charge < -0.3 is 11.1 Å². The fraction of sp³-hybridized carbons (Fsp3) is 0.200. The molecule has 0 spiro atoms. The number of hydrogen-bond acceptors (Lipinski definition) is 6. The summed E-state index contributed by atoms with van der Waals surface area (Å²) in [5, 5.41) is 4.44. The summed E-state index contributed by atoms with van der Waals surface area (Å²) >= 11 is 3.21. The molecule has 3 aromatic rings. The highest BCUT2D eigenvalue weighted by atomic mass is 32.1. The van der Waals surface area contributed by atoms with Crippen molar-refractivity contribution in [1.82, 2.24) is 9.36 Å². The molecule has 0 saturated heterocycles. The van der Waals surface area contributed by atoms with E-state index in [-0.39, 0.29) is 0 Å². The van der Waals surface area contributed by atoms with E-state index in [1.165, 1.54) is 26.9 Å². The van der Waals surface area contributed by atoms with Gasteiger partial charge in [0, 0.05) is 27.7 Å². The van der Waals surface area contributed by atoms with Gasteiger partial charge in [0.15, 0.2) is 0 Å². The Morgan fingerprint density at radius 3 is 2.86 bits per heavy atom. The van der Waals surface area contributed by atoms with E-state index >= 15 is 0 Å². The van der Waals surface area contributed by atoms with Gasteiger partial charge in [0.25, 0.3) is 0 Å². The molecule has 3 aromatic heterocycles. The molecule has 0 aliphatic carbocycles. The van der Waals surface area contributed by atoms with Crippen LogP contribution < -0.4 is 11.1 Å². The van der Waals surface area contributed by atoms with Gasteiger partial charge in [-0.25, -0.2) is 0 Å². The molecule has 0 aliphatic rings. The molecular formula is C15H16N4S2. The third-order valence-corrected chi connectivity index (χ3v) is 5.28. The lowest BCUT2D eigenvalue weighted by atomic mass is 10.1. The Hall–Kier alpha value is -1.92. The Morgan fingerprint density at radius 1 is 1.33 bits per heavy atom. The molecule has 0 radical (unpaired) electrons. The minimum atomic E-state index is 0.550. The molecule has 0 aliphatic heterocycles. The Morgan fingerprint density at radius 2 is 2.19 bits per heavy atom. The van der Waals surface area contributed by atoms with Crippen LogP contribution in [0.5, 0.6) is 0 Å². The van der Waals surface area contributed by atoms with Crippen LogP contribution in [-0.2, 0) is 6.54 Å². The second kappa shape index (κ2) is 5.83. The summed E-state index contributed by atoms with van der Waals surface area (Å²) in [5.74, 6) is 0.550. The summed E-state index contributed by atoms with van der Waals surface area (Å²) in [6.45, 7) is 5.07. The SMILES string of the molecule is Cc1cc(CNc2snc(N)c2-c2cccnc2)sc1C. The van der Waals surface area contributed by atoms with E-state index in [1.807, 2.05) is 29.7 Å². The maximum atomic E-state index is 6.00. The van der Waals surface area contributed by atoms with Gasteiger partial charge >= 0.3 is 0 Å². The molecule has 0 amide bonds. The number of aromatic nitrogens is 2. The molecule has 3 heterocycles. The molecule has 21 heavy (non-hydrogen) atoms. The van der Waals surface area contributed by atoms with Gasteiger partial charge in [-0.15, -0.1) is 11.3 Å². The van der Waals surface area contributed by atoms with E-state index in [2.05, 4.69) is 34.6 Å². The van der Waals surface area contributed by atoms with Crippen LogP contribution in [0.4, 0.5) is 10.8 Å². The number of nitrogen functional groups attached to an aromatic ring is 1. The number of pyridine rings is 1. The van der Waals surface area contributed by atoms with Crippen molar-refractivity contribution in [3.63, 3.8) is 0 Å². The molecule has 0 unspecified atom stereocenters. The van der Waals surface area contributed by atoms with Crippen molar-refractivity contribution in [1.29, 1.82) is 0 Å². The Kier molecular flexibility index (Phi) is 3.90. The average molecular weight is 316 g/mol. The summed E-state index contributed by atoms with van der Waals surface area (Å²) in [5.41, 5.74) is 9.28. The lowest BCUT2D eigenvalue weighted by molar-refractivity contribution is 1.20. The van der Waals surface area contributed by atoms with Gasteiger partial charge in [-0.05, 0) is 43.1 Å². The second-order valence-corrected chi connectivity index (χ2v) is 6.93. The van der Waals surface area contributed by atoms with E-state index in [1.54, 1.807) is 6.20 Å². The number of anilines is 2. The third kappa shape index (κ3) is 2.91. The van der Waals surface area contributed by atoms with E-state index in [0.29, 0.717) is 5.82 Å². The number of rotatable bonds is 4. The molecule has 4 nitrogen and oxygen atoms in total. The van der Waals surface area contributed by atoms with Crippen molar-refractivity contribution in [2.45, 2.75) is 20.4 Å². The standard InChI is InChI=1S/C15H16N4S2/c1-9-6-12(20-10(9)2)8-18-15-13(14(16)19-21-15)11-4-3-5-17-7-11/h3-7,18H,8H2,1-2H3,(H2,16,19). The topological polar surface area (TPSA) is 63.8 Å². The fourth-order valence-corrected chi connectivity index (χ4v) is 3.84. The van der Waals surface area contributed by atoms with Crippen molar-refractivity contribution in [2.24, 2.45) is 0 Å². The van der Waals surface area contributed by atoms with Gasteiger partial charge in [-0.3, -0.25) is 4.98 Å². The predicted octanol–water partition coefficient (Wildman–Crippen LogP) is 4.08. The highest BCUT2D eigenvalue weighted by molar-refractivity contribution is 7.12. The van der Waals surface area contributed by atoms with Crippen molar-refractivity contribution < 1.29 is 0 Å². The van der Waals surface area contributed by atoms with E-state index in [0.717, 1.165) is 22.7 Å². The van der Waals surface area contributed by atoms with Crippen molar-refractivity contribution >= 4 is 33.7 Å². The lowest BCUT2D eigenvalue weighted by Gasteiger charge is -2.06. The minimum Gasteiger partial charge on any atom is -0.382 e. The molecule has 3 N–H and O–H groups in total. The summed E-state index contributed by atoms with van der Waals surface area (Å²) in [7, 11) is 0. The summed E-state index contributed by atoms with van der Waals surface area (Å²) in [6, 6.07) is 6.13. The van der Waals surface area contributed by atoms with E-state index in [9.17, 15) is 0 Å². The predicted molar refractivity (Wildman–Crippen MR) is 90.9 cm³/mol. The van der Waals surface area contributed by atoms with Gasteiger partial charge in [-0.2, -0.15) is 4.37 Å². The summed E-state index contributed by atoms with van der Waals surface area (Å²) in [4.78, 5) is 6.83. The number of nitrogens with zero attached hydrogens (tertiary/aromatic N) is 2. The van der Waals surface area contributed by atoms with Gasteiger partial charge in [0.05, 0.1) is 12.1 Å². The number of nitrogens with one attached hydrogen (secondary N) is 1. The lowest BCUT2D eigenvalue weighted by Crippen LogP contribution is -1.98. The van der Waals surface area contributed by atoms with E-state index in [4.69, 9.17) is 5.73 Å². The first-order valence-corrected chi connectivity index (χ1v) is 8.19. The van der Waals surface area contributed by atoms with Crippen LogP contribution in [0.15, 0.2) is 30.6 Å². The molecule has 0 bridgehead atoms. The highest BCUT2D eigenvalue weighted by Gasteiger charge is 2.14. The van der Waals surface area contributed by atoms with Crippen molar-refractivity contribution in [3.8, 4) is 11.1 Å². The average Bonchev–Trinajstić information content (AvgIpc) is 3.01. The minimum absolute atomic E-state index is 0.550. The van der Waals surface area contributed by atoms with Crippen LogP contribution in [0, 0.1) is 13.8 Å². The first-order chi connectivity index (χ1) is 10.1. The zero-order valence-corrected chi connectivity index (χ0v) is 13.5. The molecule has 0 fully saturated rings. The smallest absolute Gasteiger partial charge is 0.147 e. The molecule has 0 saturated carbocycles. The van der Waals surface area contributed by atoms with Crippen LogP contribution in [0.2, 0.25) is 0 Å². The number of aryl methyl sites for hydroxylation is 2. The van der Waals surface area contributed by atoms with Crippen LogP contribution in [0.3, 0.4) is 0 Å². The molecule has 0 aromatic carbocycles. The number of thiophene rings is 1. The molecule has 108 valence electrons. The largest absolute Gasteiger partial charge is 0.382 e. The van der Waals surface area contributed by atoms with Crippen molar-refractivity contribution in [3.05, 3.63) is 45.9 Å². The van der Waals surface area contributed by atoms with Crippen LogP contribution in [-0.4, -0.2) is 9.36 Å². The first kappa shape index (κ1) is 14.0. The number of nitrogens with two attached hydrogens (primary N) is 1. The normalized spacial score (nSPS) is 10.8. The molecule has 0 atom stereocenters.